The number of carbonyl (C=O) groups is 2. The molecule has 1 aromatic rings. The summed E-state index contributed by atoms with van der Waals surface area (Å²) in [5.74, 6) is -0.167. The zero-order chi connectivity index (χ0) is 17.3. The molecule has 1 aromatic carbocycles. The number of hydrazone groups is 1. The van der Waals surface area contributed by atoms with E-state index in [0.29, 0.717) is 18.6 Å². The zero-order valence-corrected chi connectivity index (χ0v) is 14.6. The van der Waals surface area contributed by atoms with Crippen molar-refractivity contribution in [3.05, 3.63) is 35.4 Å². The number of benzene rings is 1. The van der Waals surface area contributed by atoms with E-state index in [4.69, 9.17) is 0 Å². The Hall–Kier alpha value is -2.17. The Morgan fingerprint density at radius 3 is 2.50 bits per heavy atom. The van der Waals surface area contributed by atoms with Crippen LogP contribution >= 0.6 is 0 Å². The highest BCUT2D eigenvalue weighted by atomic mass is 16.2. The SMILES string of the molecule is CC(C)(C)c1ccc(C2CCCN2C(=O)C2=NNC(=O)CC2)cc1. The molecule has 1 atom stereocenters. The van der Waals surface area contributed by atoms with Gasteiger partial charge < -0.3 is 4.90 Å². The van der Waals surface area contributed by atoms with Crippen LogP contribution in [0.1, 0.15) is 63.6 Å². The lowest BCUT2D eigenvalue weighted by Crippen LogP contribution is -2.39. The first-order valence-corrected chi connectivity index (χ1v) is 8.63. The standard InChI is InChI=1S/C19H25N3O2/c1-19(2,3)14-8-6-13(7-9-14)16-5-4-12-22(16)18(24)15-10-11-17(23)21-20-15/h6-9,16H,4-5,10-12H2,1-3H3,(H,21,23). The first kappa shape index (κ1) is 16.7. The van der Waals surface area contributed by atoms with Gasteiger partial charge in [0.05, 0.1) is 6.04 Å². The summed E-state index contributed by atoms with van der Waals surface area (Å²) in [5, 5.41) is 3.96. The first-order chi connectivity index (χ1) is 11.4. The Balaban J connectivity index is 1.78. The molecule has 0 saturated carbocycles. The van der Waals surface area contributed by atoms with Gasteiger partial charge in [0, 0.05) is 19.4 Å². The molecule has 1 saturated heterocycles. The van der Waals surface area contributed by atoms with Gasteiger partial charge in [-0.15, -0.1) is 0 Å². The van der Waals surface area contributed by atoms with E-state index in [1.54, 1.807) is 0 Å². The number of nitrogens with zero attached hydrogens (tertiary/aromatic N) is 2. The maximum Gasteiger partial charge on any atom is 0.270 e. The Morgan fingerprint density at radius 2 is 1.92 bits per heavy atom. The lowest BCUT2D eigenvalue weighted by Gasteiger charge is -2.27. The van der Waals surface area contributed by atoms with Gasteiger partial charge >= 0.3 is 0 Å². The zero-order valence-electron chi connectivity index (χ0n) is 14.6. The highest BCUT2D eigenvalue weighted by Crippen LogP contribution is 2.33. The Morgan fingerprint density at radius 1 is 1.21 bits per heavy atom. The quantitative estimate of drug-likeness (QED) is 0.908. The molecule has 0 bridgehead atoms. The van der Waals surface area contributed by atoms with Crippen molar-refractivity contribution in [1.82, 2.24) is 10.3 Å². The van der Waals surface area contributed by atoms with Gasteiger partial charge in [-0.3, -0.25) is 9.59 Å². The van der Waals surface area contributed by atoms with Crippen molar-refractivity contribution in [3.63, 3.8) is 0 Å². The number of rotatable bonds is 2. The molecule has 2 amide bonds. The summed E-state index contributed by atoms with van der Waals surface area (Å²) in [6.45, 7) is 7.34. The third-order valence-electron chi connectivity index (χ3n) is 4.83. The van der Waals surface area contributed by atoms with Crippen molar-refractivity contribution in [3.8, 4) is 0 Å². The predicted molar refractivity (Wildman–Crippen MR) is 93.6 cm³/mol. The third-order valence-corrected chi connectivity index (χ3v) is 4.83. The summed E-state index contributed by atoms with van der Waals surface area (Å²) >= 11 is 0. The van der Waals surface area contributed by atoms with Gasteiger partial charge in [0.1, 0.15) is 5.71 Å². The summed E-state index contributed by atoms with van der Waals surface area (Å²) in [4.78, 5) is 25.9. The number of hydrogen-bond donors (Lipinski definition) is 1. The molecule has 1 unspecified atom stereocenters. The van der Waals surface area contributed by atoms with E-state index >= 15 is 0 Å². The van der Waals surface area contributed by atoms with Crippen LogP contribution in [0.2, 0.25) is 0 Å². The molecule has 24 heavy (non-hydrogen) atoms. The highest BCUT2D eigenvalue weighted by molar-refractivity contribution is 6.39. The molecule has 5 nitrogen and oxygen atoms in total. The van der Waals surface area contributed by atoms with Crippen molar-refractivity contribution < 1.29 is 9.59 Å². The number of nitrogens with one attached hydrogen (secondary N) is 1. The molecule has 0 aromatic heterocycles. The van der Waals surface area contributed by atoms with Crippen LogP contribution in [0.3, 0.4) is 0 Å². The fourth-order valence-electron chi connectivity index (χ4n) is 3.36. The minimum Gasteiger partial charge on any atom is -0.331 e. The monoisotopic (exact) mass is 327 g/mol. The van der Waals surface area contributed by atoms with Gasteiger partial charge in [-0.1, -0.05) is 45.0 Å². The molecule has 0 radical (unpaired) electrons. The minimum absolute atomic E-state index is 0.0441. The van der Waals surface area contributed by atoms with E-state index < -0.39 is 0 Å². The van der Waals surface area contributed by atoms with Crippen LogP contribution in [0.25, 0.3) is 0 Å². The summed E-state index contributed by atoms with van der Waals surface area (Å²) in [6.07, 6.45) is 2.73. The van der Waals surface area contributed by atoms with E-state index in [1.807, 2.05) is 4.90 Å². The molecule has 1 fully saturated rings. The van der Waals surface area contributed by atoms with Gasteiger partial charge in [-0.2, -0.15) is 5.10 Å². The maximum atomic E-state index is 12.8. The molecule has 128 valence electrons. The van der Waals surface area contributed by atoms with Crippen LogP contribution in [0.4, 0.5) is 0 Å². The molecule has 2 aliphatic heterocycles. The number of carbonyl (C=O) groups excluding carboxylic acids is 2. The molecule has 2 aliphatic rings. The summed E-state index contributed by atoms with van der Waals surface area (Å²) in [7, 11) is 0. The molecule has 0 aliphatic carbocycles. The first-order valence-electron chi connectivity index (χ1n) is 8.63. The topological polar surface area (TPSA) is 61.8 Å². The van der Waals surface area contributed by atoms with Crippen LogP contribution in [0.15, 0.2) is 29.4 Å². The van der Waals surface area contributed by atoms with Crippen LogP contribution in [-0.2, 0) is 15.0 Å². The van der Waals surface area contributed by atoms with E-state index in [2.05, 4.69) is 55.6 Å². The molecular formula is C19H25N3O2. The second-order valence-corrected chi connectivity index (χ2v) is 7.62. The normalized spacial score (nSPS) is 21.5. The van der Waals surface area contributed by atoms with Gasteiger partial charge in [0.25, 0.3) is 5.91 Å². The Kier molecular flexibility index (Phi) is 4.43. The predicted octanol–water partition coefficient (Wildman–Crippen LogP) is 2.91. The average molecular weight is 327 g/mol. The van der Waals surface area contributed by atoms with Crippen molar-refractivity contribution in [2.24, 2.45) is 5.10 Å². The smallest absolute Gasteiger partial charge is 0.270 e. The van der Waals surface area contributed by atoms with Gasteiger partial charge in [-0.05, 0) is 29.4 Å². The van der Waals surface area contributed by atoms with E-state index in [0.717, 1.165) is 19.4 Å². The van der Waals surface area contributed by atoms with Crippen molar-refractivity contribution >= 4 is 17.5 Å². The number of hydrogen-bond acceptors (Lipinski definition) is 3. The number of amides is 2. The van der Waals surface area contributed by atoms with Gasteiger partial charge in [-0.25, -0.2) is 5.43 Å². The van der Waals surface area contributed by atoms with Crippen LogP contribution in [0.5, 0.6) is 0 Å². The fraction of sp³-hybridized carbons (Fsp3) is 0.526. The van der Waals surface area contributed by atoms with E-state index in [9.17, 15) is 9.59 Å². The van der Waals surface area contributed by atoms with Crippen LogP contribution in [-0.4, -0.2) is 29.0 Å². The second-order valence-electron chi connectivity index (χ2n) is 7.62. The van der Waals surface area contributed by atoms with Gasteiger partial charge in [0.2, 0.25) is 5.91 Å². The average Bonchev–Trinajstić information content (AvgIpc) is 3.04. The van der Waals surface area contributed by atoms with Crippen molar-refractivity contribution in [1.29, 1.82) is 0 Å². The molecule has 3 rings (SSSR count). The Labute approximate surface area is 143 Å². The van der Waals surface area contributed by atoms with Gasteiger partial charge in [0.15, 0.2) is 0 Å². The fourth-order valence-corrected chi connectivity index (χ4v) is 3.36. The van der Waals surface area contributed by atoms with Crippen molar-refractivity contribution in [2.45, 2.75) is 57.9 Å². The minimum atomic E-state index is -0.123. The molecule has 5 heteroatoms. The molecular weight excluding hydrogens is 302 g/mol. The molecule has 1 N–H and O–H groups in total. The lowest BCUT2D eigenvalue weighted by atomic mass is 9.86. The largest absolute Gasteiger partial charge is 0.331 e. The van der Waals surface area contributed by atoms with Crippen LogP contribution in [0, 0.1) is 0 Å². The number of likely N-dealkylation sites (tertiary alicyclic amines) is 1. The third kappa shape index (κ3) is 3.35. The summed E-state index contributed by atoms with van der Waals surface area (Å²) in [5.41, 5.74) is 5.47. The Bertz CT molecular complexity index is 671. The van der Waals surface area contributed by atoms with E-state index in [1.165, 1.54) is 11.1 Å². The highest BCUT2D eigenvalue weighted by Gasteiger charge is 2.33. The summed E-state index contributed by atoms with van der Waals surface area (Å²) in [6, 6.07) is 8.71. The molecule has 0 spiro atoms. The van der Waals surface area contributed by atoms with E-state index in [-0.39, 0.29) is 23.3 Å². The van der Waals surface area contributed by atoms with Crippen molar-refractivity contribution in [2.75, 3.05) is 6.54 Å². The van der Waals surface area contributed by atoms with Crippen LogP contribution < -0.4 is 5.43 Å². The second kappa shape index (κ2) is 6.38. The lowest BCUT2D eigenvalue weighted by molar-refractivity contribution is -0.125. The molecule has 2 heterocycles. The maximum absolute atomic E-state index is 12.8. The summed E-state index contributed by atoms with van der Waals surface area (Å²) < 4.78 is 0.